The Bertz CT molecular complexity index is 1010. The molecule has 1 saturated heterocycles. The first-order chi connectivity index (χ1) is 31.3. The highest BCUT2D eigenvalue weighted by atomic mass is 16.7. The number of aliphatic hydroxyl groups excluding tert-OH is 5. The van der Waals surface area contributed by atoms with Gasteiger partial charge in [-0.25, -0.2) is 0 Å². The van der Waals surface area contributed by atoms with Crippen LogP contribution in [0.5, 0.6) is 0 Å². The molecular weight excluding hydrogens is 803 g/mol. The van der Waals surface area contributed by atoms with Crippen molar-refractivity contribution in [3.63, 3.8) is 0 Å². The standard InChI is InChI=1S/C55H107NO8/c1-3-5-7-9-11-13-15-17-19-21-23-25-27-29-31-33-35-37-39-41-43-45-51(59)56-48(47-63-55-54(62)53(61)52(60)50(46-57)64-55)49(58)44-42-40-38-36-34-32-30-28-26-24-22-20-18-16-14-12-10-8-6-4-2/h42,44,48-50,52-55,57-58,60-62H,3-41,43,45-47H2,1-2H3,(H,56,59)/b44-42+. The number of ether oxygens (including phenoxy) is 2. The normalized spacial score (nSPS) is 20.0. The smallest absolute Gasteiger partial charge is 0.220 e. The second-order valence-corrected chi connectivity index (χ2v) is 19.7. The summed E-state index contributed by atoms with van der Waals surface area (Å²) in [6.45, 7) is 3.82. The van der Waals surface area contributed by atoms with Crippen LogP contribution in [-0.4, -0.2) is 87.5 Å². The molecule has 1 amide bonds. The van der Waals surface area contributed by atoms with E-state index in [0.29, 0.717) is 6.42 Å². The minimum atomic E-state index is -1.56. The first-order valence-corrected chi connectivity index (χ1v) is 27.9. The number of hydrogen-bond donors (Lipinski definition) is 6. The predicted molar refractivity (Wildman–Crippen MR) is 267 cm³/mol. The maximum Gasteiger partial charge on any atom is 0.220 e. The van der Waals surface area contributed by atoms with Crippen LogP contribution < -0.4 is 5.32 Å². The molecule has 7 atom stereocenters. The molecule has 0 aromatic heterocycles. The van der Waals surface area contributed by atoms with Crippen LogP contribution in [-0.2, 0) is 14.3 Å². The third-order valence-electron chi connectivity index (χ3n) is 13.6. The second-order valence-electron chi connectivity index (χ2n) is 19.7. The van der Waals surface area contributed by atoms with Gasteiger partial charge in [0.25, 0.3) is 0 Å². The van der Waals surface area contributed by atoms with Gasteiger partial charge in [-0.1, -0.05) is 264 Å². The summed E-state index contributed by atoms with van der Waals surface area (Å²) in [6.07, 6.45) is 48.4. The lowest BCUT2D eigenvalue weighted by Crippen LogP contribution is -2.60. The van der Waals surface area contributed by atoms with Crippen molar-refractivity contribution in [1.29, 1.82) is 0 Å². The van der Waals surface area contributed by atoms with Gasteiger partial charge >= 0.3 is 0 Å². The Hall–Kier alpha value is -1.07. The van der Waals surface area contributed by atoms with Gasteiger partial charge in [0.05, 0.1) is 25.4 Å². The van der Waals surface area contributed by atoms with E-state index in [-0.39, 0.29) is 12.5 Å². The summed E-state index contributed by atoms with van der Waals surface area (Å²) >= 11 is 0. The molecule has 9 nitrogen and oxygen atoms in total. The van der Waals surface area contributed by atoms with Gasteiger partial charge in [0.15, 0.2) is 6.29 Å². The molecular formula is C55H107NO8. The lowest BCUT2D eigenvalue weighted by atomic mass is 9.99. The van der Waals surface area contributed by atoms with E-state index in [1.165, 1.54) is 218 Å². The quantitative estimate of drug-likeness (QED) is 0.0261. The maximum absolute atomic E-state index is 13.0. The van der Waals surface area contributed by atoms with Crippen LogP contribution in [0, 0.1) is 0 Å². The molecule has 0 aromatic carbocycles. The predicted octanol–water partition coefficient (Wildman–Crippen LogP) is 13.2. The highest BCUT2D eigenvalue weighted by Gasteiger charge is 2.44. The zero-order valence-electron chi connectivity index (χ0n) is 42.1. The third kappa shape index (κ3) is 35.1. The molecule has 0 saturated carbocycles. The summed E-state index contributed by atoms with van der Waals surface area (Å²) in [5, 5.41) is 54.5. The van der Waals surface area contributed by atoms with E-state index in [1.807, 2.05) is 6.08 Å². The van der Waals surface area contributed by atoms with Crippen molar-refractivity contribution in [3.8, 4) is 0 Å². The van der Waals surface area contributed by atoms with Gasteiger partial charge in [-0.05, 0) is 19.3 Å². The van der Waals surface area contributed by atoms with Crippen molar-refractivity contribution in [2.75, 3.05) is 13.2 Å². The number of amides is 1. The Morgan fingerprint density at radius 3 is 1.22 bits per heavy atom. The summed E-state index contributed by atoms with van der Waals surface area (Å²) in [5.41, 5.74) is 0. The number of rotatable bonds is 48. The van der Waals surface area contributed by atoms with E-state index in [9.17, 15) is 30.3 Å². The van der Waals surface area contributed by atoms with Crippen LogP contribution in [0.1, 0.15) is 277 Å². The van der Waals surface area contributed by atoms with E-state index in [4.69, 9.17) is 9.47 Å². The first kappa shape index (κ1) is 60.9. The third-order valence-corrected chi connectivity index (χ3v) is 13.6. The molecule has 1 heterocycles. The fraction of sp³-hybridized carbons (Fsp3) is 0.945. The van der Waals surface area contributed by atoms with Gasteiger partial charge in [-0.3, -0.25) is 4.79 Å². The Morgan fingerprint density at radius 2 is 0.859 bits per heavy atom. The average molecular weight is 910 g/mol. The van der Waals surface area contributed by atoms with E-state index < -0.39 is 49.5 Å². The van der Waals surface area contributed by atoms with Gasteiger partial charge in [0.2, 0.25) is 5.91 Å². The maximum atomic E-state index is 13.0. The fourth-order valence-electron chi connectivity index (χ4n) is 9.16. The minimum Gasteiger partial charge on any atom is -0.394 e. The number of allylic oxidation sites excluding steroid dienone is 1. The van der Waals surface area contributed by atoms with Crippen LogP contribution in [0.15, 0.2) is 12.2 Å². The van der Waals surface area contributed by atoms with Gasteiger partial charge in [0, 0.05) is 6.42 Å². The summed E-state index contributed by atoms with van der Waals surface area (Å²) in [4.78, 5) is 13.0. The Labute approximate surface area is 395 Å². The molecule has 0 spiro atoms. The monoisotopic (exact) mass is 910 g/mol. The molecule has 0 radical (unpaired) electrons. The largest absolute Gasteiger partial charge is 0.394 e. The summed E-state index contributed by atoms with van der Waals surface area (Å²) < 4.78 is 11.3. The molecule has 380 valence electrons. The van der Waals surface area contributed by atoms with E-state index in [0.717, 1.165) is 38.5 Å². The van der Waals surface area contributed by atoms with Crippen molar-refractivity contribution in [3.05, 3.63) is 12.2 Å². The Morgan fingerprint density at radius 1 is 0.516 bits per heavy atom. The van der Waals surface area contributed by atoms with Gasteiger partial charge < -0.3 is 40.3 Å². The summed E-state index contributed by atoms with van der Waals surface area (Å²) in [7, 11) is 0. The molecule has 0 aromatic rings. The number of aliphatic hydroxyl groups is 5. The molecule has 1 fully saturated rings. The number of carbonyl (C=O) groups excluding carboxylic acids is 1. The summed E-state index contributed by atoms with van der Waals surface area (Å²) in [6, 6.07) is -0.800. The number of unbranched alkanes of at least 4 members (excludes halogenated alkanes) is 38. The molecule has 1 aliphatic heterocycles. The van der Waals surface area contributed by atoms with E-state index in [1.54, 1.807) is 6.08 Å². The molecule has 1 rings (SSSR count). The Balaban J connectivity index is 2.24. The Kier molecular flexibility index (Phi) is 43.5. The van der Waals surface area contributed by atoms with Gasteiger partial charge in [0.1, 0.15) is 24.4 Å². The average Bonchev–Trinajstić information content (AvgIpc) is 3.29. The molecule has 6 N–H and O–H groups in total. The molecule has 9 heteroatoms. The highest BCUT2D eigenvalue weighted by Crippen LogP contribution is 2.23. The highest BCUT2D eigenvalue weighted by molar-refractivity contribution is 5.76. The minimum absolute atomic E-state index is 0.170. The lowest BCUT2D eigenvalue weighted by Gasteiger charge is -2.40. The second kappa shape index (κ2) is 45.7. The van der Waals surface area contributed by atoms with Crippen LogP contribution in [0.25, 0.3) is 0 Å². The van der Waals surface area contributed by atoms with Crippen molar-refractivity contribution < 1.29 is 39.8 Å². The molecule has 7 unspecified atom stereocenters. The van der Waals surface area contributed by atoms with Crippen molar-refractivity contribution in [2.45, 2.75) is 320 Å². The van der Waals surface area contributed by atoms with Crippen LogP contribution in [0.4, 0.5) is 0 Å². The topological polar surface area (TPSA) is 149 Å². The SMILES string of the molecule is CCCCCCCCCCCCCCCCCCCC/C=C/C(O)C(COC1OC(CO)C(O)C(O)C1O)NC(=O)CCCCCCCCCCCCCCCCCCCCCCC. The first-order valence-electron chi connectivity index (χ1n) is 27.9. The fourth-order valence-corrected chi connectivity index (χ4v) is 9.16. The van der Waals surface area contributed by atoms with Crippen molar-refractivity contribution in [2.24, 2.45) is 0 Å². The van der Waals surface area contributed by atoms with Crippen LogP contribution >= 0.6 is 0 Å². The zero-order valence-corrected chi connectivity index (χ0v) is 42.1. The van der Waals surface area contributed by atoms with E-state index in [2.05, 4.69) is 19.2 Å². The lowest BCUT2D eigenvalue weighted by molar-refractivity contribution is -0.302. The van der Waals surface area contributed by atoms with Crippen LogP contribution in [0.2, 0.25) is 0 Å². The molecule has 64 heavy (non-hydrogen) atoms. The summed E-state index contributed by atoms with van der Waals surface area (Å²) in [5.74, 6) is -0.170. The molecule has 1 aliphatic rings. The van der Waals surface area contributed by atoms with Crippen molar-refractivity contribution in [1.82, 2.24) is 5.32 Å². The number of carbonyl (C=O) groups is 1. The van der Waals surface area contributed by atoms with Gasteiger partial charge in [-0.15, -0.1) is 0 Å². The number of hydrogen-bond acceptors (Lipinski definition) is 8. The van der Waals surface area contributed by atoms with Crippen molar-refractivity contribution >= 4 is 5.91 Å². The molecule has 0 aliphatic carbocycles. The van der Waals surface area contributed by atoms with Crippen LogP contribution in [0.3, 0.4) is 0 Å². The molecule has 0 bridgehead atoms. The zero-order chi connectivity index (χ0) is 46.6. The van der Waals surface area contributed by atoms with Gasteiger partial charge in [-0.2, -0.15) is 0 Å². The van der Waals surface area contributed by atoms with E-state index >= 15 is 0 Å². The number of nitrogens with one attached hydrogen (secondary N) is 1.